The lowest BCUT2D eigenvalue weighted by molar-refractivity contribution is -0.0805. The average Bonchev–Trinajstić information content (AvgIpc) is 3.81. The molecule has 10 rings (SSSR count). The summed E-state index contributed by atoms with van der Waals surface area (Å²) in [5.41, 5.74) is 8.94. The Labute approximate surface area is 370 Å². The average molecular weight is 849 g/mol. The second kappa shape index (κ2) is 16.6. The van der Waals surface area contributed by atoms with Gasteiger partial charge in [0.25, 0.3) is 0 Å². The highest BCUT2D eigenvalue weighted by Crippen LogP contribution is 2.46. The number of aromatic nitrogens is 2. The van der Waals surface area contributed by atoms with Gasteiger partial charge in [0.15, 0.2) is 5.75 Å². The predicted octanol–water partition coefficient (Wildman–Crippen LogP) is 14.5. The number of nitrogens with zero attached hydrogens (tertiary/aromatic N) is 2. The molecule has 0 bridgehead atoms. The molecule has 6 nitrogen and oxygen atoms in total. The first-order valence-electron chi connectivity index (χ1n) is 21.5. The van der Waals surface area contributed by atoms with Crippen LogP contribution in [0.15, 0.2) is 170 Å². The van der Waals surface area contributed by atoms with Gasteiger partial charge in [0, 0.05) is 52.9 Å². The summed E-state index contributed by atoms with van der Waals surface area (Å²) in [6.07, 6.45) is 0.531. The quantitative estimate of drug-likeness (QED) is 0.0856. The number of fused-ring (bicyclic) bond motifs is 6. The summed E-state index contributed by atoms with van der Waals surface area (Å²) in [6, 6.07) is 54.3. The van der Waals surface area contributed by atoms with Crippen LogP contribution in [0.5, 0.6) is 23.0 Å². The van der Waals surface area contributed by atoms with Crippen LogP contribution in [0, 0.1) is 25.5 Å². The first-order valence-corrected chi connectivity index (χ1v) is 21.5. The highest BCUT2D eigenvalue weighted by atomic mass is 19.1. The summed E-state index contributed by atoms with van der Waals surface area (Å²) < 4.78 is 60.2. The van der Waals surface area contributed by atoms with Gasteiger partial charge in [-0.2, -0.15) is 0 Å². The second-order valence-corrected chi connectivity index (χ2v) is 16.6. The maximum atomic E-state index is 15.6. The molecule has 318 valence electrons. The lowest BCUT2D eigenvalue weighted by Crippen LogP contribution is -2.36. The summed E-state index contributed by atoms with van der Waals surface area (Å²) in [5.74, 6) is 0.146. The normalized spacial score (nSPS) is 11.8. The van der Waals surface area contributed by atoms with Gasteiger partial charge in [-0.15, -0.1) is 0 Å². The lowest BCUT2D eigenvalue weighted by Gasteiger charge is -2.31. The van der Waals surface area contributed by atoms with E-state index >= 15 is 4.39 Å². The third kappa shape index (κ3) is 7.66. The van der Waals surface area contributed by atoms with Crippen molar-refractivity contribution in [2.75, 3.05) is 13.2 Å². The third-order valence-electron chi connectivity index (χ3n) is 11.5. The Morgan fingerprint density at radius 1 is 0.453 bits per heavy atom. The number of hydrogen-bond donors (Lipinski definition) is 0. The molecule has 0 amide bonds. The van der Waals surface area contributed by atoms with E-state index in [-0.39, 0.29) is 12.4 Å². The van der Waals surface area contributed by atoms with Gasteiger partial charge in [0.05, 0.1) is 46.7 Å². The SMILES string of the molecule is Cc1ccc(OC(C)(C)Oc2c(-c3cc(F)ccc3OCCCOc3ccc(F)cc3)cc(C)cc2-n2c3ccccc3c3ccccc32)c(-n2c3ccccc3c3ccccc32)c1. The molecule has 0 aliphatic rings. The molecule has 8 aromatic carbocycles. The minimum Gasteiger partial charge on any atom is -0.493 e. The highest BCUT2D eigenvalue weighted by molar-refractivity contribution is 6.10. The zero-order valence-corrected chi connectivity index (χ0v) is 36.1. The molecule has 0 saturated heterocycles. The number of ether oxygens (including phenoxy) is 4. The molecule has 2 heterocycles. The minimum atomic E-state index is -1.29. The van der Waals surface area contributed by atoms with Crippen molar-refractivity contribution in [2.24, 2.45) is 0 Å². The molecule has 0 atom stereocenters. The van der Waals surface area contributed by atoms with Crippen molar-refractivity contribution in [3.8, 4) is 45.5 Å². The van der Waals surface area contributed by atoms with Crippen molar-refractivity contribution in [3.63, 3.8) is 0 Å². The number of para-hydroxylation sites is 4. The van der Waals surface area contributed by atoms with Crippen LogP contribution in [0.1, 0.15) is 31.4 Å². The summed E-state index contributed by atoms with van der Waals surface area (Å²) in [7, 11) is 0. The van der Waals surface area contributed by atoms with E-state index in [1.54, 1.807) is 18.2 Å². The van der Waals surface area contributed by atoms with Gasteiger partial charge in [-0.05, 0) is 116 Å². The van der Waals surface area contributed by atoms with Gasteiger partial charge in [0.2, 0.25) is 5.79 Å². The standard InChI is InChI=1S/C56H46F2N2O4/c1-36-22-28-54(51(33-36)59-47-18-9-5-14-41(47)42-15-6-10-19-48(42)59)63-56(3,4)64-55-46(45-35-39(58)25-29-53(45)62-31-13-30-61-40-26-23-38(57)24-27-40)32-37(2)34-52(55)60-49-20-11-7-16-43(49)44-17-8-12-21-50(44)60/h5-12,14-29,32-35H,13,30-31H2,1-4H3. The first kappa shape index (κ1) is 40.5. The second-order valence-electron chi connectivity index (χ2n) is 16.6. The Morgan fingerprint density at radius 2 is 0.953 bits per heavy atom. The number of halogens is 2. The van der Waals surface area contributed by atoms with Gasteiger partial charge < -0.3 is 28.1 Å². The van der Waals surface area contributed by atoms with Crippen LogP contribution in [0.4, 0.5) is 8.78 Å². The van der Waals surface area contributed by atoms with Crippen molar-refractivity contribution < 1.29 is 27.7 Å². The largest absolute Gasteiger partial charge is 0.493 e. The maximum Gasteiger partial charge on any atom is 0.246 e. The van der Waals surface area contributed by atoms with E-state index < -0.39 is 11.6 Å². The number of benzene rings is 8. The monoisotopic (exact) mass is 848 g/mol. The van der Waals surface area contributed by atoms with Crippen molar-refractivity contribution in [1.82, 2.24) is 9.13 Å². The van der Waals surface area contributed by atoms with Crippen LogP contribution in [-0.4, -0.2) is 28.1 Å². The summed E-state index contributed by atoms with van der Waals surface area (Å²) >= 11 is 0. The fraction of sp³-hybridized carbons (Fsp3) is 0.143. The van der Waals surface area contributed by atoms with Gasteiger partial charge in [-0.25, -0.2) is 8.78 Å². The van der Waals surface area contributed by atoms with E-state index in [1.807, 2.05) is 63.2 Å². The van der Waals surface area contributed by atoms with Crippen molar-refractivity contribution >= 4 is 43.6 Å². The van der Waals surface area contributed by atoms with E-state index in [0.717, 1.165) is 66.1 Å². The van der Waals surface area contributed by atoms with Crippen molar-refractivity contribution in [1.29, 1.82) is 0 Å². The number of rotatable bonds is 13. The van der Waals surface area contributed by atoms with E-state index in [4.69, 9.17) is 18.9 Å². The Balaban J connectivity index is 1.09. The molecule has 64 heavy (non-hydrogen) atoms. The minimum absolute atomic E-state index is 0.287. The Morgan fingerprint density at radius 3 is 1.55 bits per heavy atom. The fourth-order valence-electron chi connectivity index (χ4n) is 8.81. The van der Waals surface area contributed by atoms with Crippen LogP contribution >= 0.6 is 0 Å². The number of hydrogen-bond acceptors (Lipinski definition) is 4. The molecule has 0 radical (unpaired) electrons. The number of aryl methyl sites for hydroxylation is 2. The molecule has 2 aromatic heterocycles. The Bertz CT molecular complexity index is 3240. The molecule has 8 heteroatoms. The fourth-order valence-corrected chi connectivity index (χ4v) is 8.81. The molecule has 10 aromatic rings. The Hall–Kier alpha value is -7.58. The summed E-state index contributed by atoms with van der Waals surface area (Å²) in [4.78, 5) is 0. The predicted molar refractivity (Wildman–Crippen MR) is 254 cm³/mol. The van der Waals surface area contributed by atoms with Crippen LogP contribution in [0.25, 0.3) is 66.1 Å². The molecule has 0 fully saturated rings. The van der Waals surface area contributed by atoms with Crippen molar-refractivity contribution in [2.45, 2.75) is 39.9 Å². The third-order valence-corrected chi connectivity index (χ3v) is 11.5. The summed E-state index contributed by atoms with van der Waals surface area (Å²) in [6.45, 7) is 8.56. The molecule has 0 aliphatic heterocycles. The molecular weight excluding hydrogens is 803 g/mol. The van der Waals surface area contributed by atoms with Crippen LogP contribution in [0.3, 0.4) is 0 Å². The van der Waals surface area contributed by atoms with Crippen LogP contribution < -0.4 is 18.9 Å². The zero-order valence-electron chi connectivity index (χ0n) is 36.1. The van der Waals surface area contributed by atoms with Crippen molar-refractivity contribution in [3.05, 3.63) is 193 Å². The maximum absolute atomic E-state index is 15.6. The van der Waals surface area contributed by atoms with E-state index in [2.05, 4.69) is 101 Å². The van der Waals surface area contributed by atoms with Gasteiger partial charge >= 0.3 is 0 Å². The van der Waals surface area contributed by atoms with E-state index in [0.29, 0.717) is 47.2 Å². The molecule has 0 N–H and O–H groups in total. The van der Waals surface area contributed by atoms with Crippen LogP contribution in [0.2, 0.25) is 0 Å². The topological polar surface area (TPSA) is 46.8 Å². The summed E-state index contributed by atoms with van der Waals surface area (Å²) in [5, 5.41) is 4.48. The van der Waals surface area contributed by atoms with E-state index in [1.165, 1.54) is 24.3 Å². The molecule has 0 spiro atoms. The lowest BCUT2D eigenvalue weighted by atomic mass is 9.99. The van der Waals surface area contributed by atoms with Crippen LogP contribution in [-0.2, 0) is 0 Å². The van der Waals surface area contributed by atoms with Gasteiger partial charge in [-0.1, -0.05) is 78.9 Å². The highest BCUT2D eigenvalue weighted by Gasteiger charge is 2.30. The zero-order chi connectivity index (χ0) is 44.0. The van der Waals surface area contributed by atoms with Gasteiger partial charge in [0.1, 0.15) is 28.9 Å². The molecule has 0 saturated carbocycles. The Kier molecular flexibility index (Phi) is 10.5. The smallest absolute Gasteiger partial charge is 0.246 e. The first-order chi connectivity index (χ1) is 31.1. The molecule has 0 unspecified atom stereocenters. The molecular formula is C56H46F2N2O4. The van der Waals surface area contributed by atoms with E-state index in [9.17, 15) is 4.39 Å². The molecule has 0 aliphatic carbocycles. The van der Waals surface area contributed by atoms with Gasteiger partial charge in [-0.3, -0.25) is 0 Å².